The van der Waals surface area contributed by atoms with Crippen molar-refractivity contribution in [1.29, 1.82) is 0 Å². The van der Waals surface area contributed by atoms with Crippen molar-refractivity contribution in [3.63, 3.8) is 0 Å². The van der Waals surface area contributed by atoms with Crippen LogP contribution in [0.2, 0.25) is 5.02 Å². The number of hydrogen-bond donors (Lipinski definition) is 2. The highest BCUT2D eigenvalue weighted by Crippen LogP contribution is 2.25. The molecular weight excluding hydrogens is 272 g/mol. The van der Waals surface area contributed by atoms with E-state index in [2.05, 4.69) is 10.3 Å². The van der Waals surface area contributed by atoms with E-state index in [1.807, 2.05) is 12.1 Å². The van der Waals surface area contributed by atoms with Crippen LogP contribution in [0.1, 0.15) is 18.5 Å². The molecule has 0 spiro atoms. The van der Waals surface area contributed by atoms with Gasteiger partial charge in [0.05, 0.1) is 11.6 Å². The Morgan fingerprint density at radius 2 is 2.11 bits per heavy atom. The lowest BCUT2D eigenvalue weighted by Crippen LogP contribution is -2.07. The standard InChI is InChI=1S/C12H11ClN2O2S/c1-7(11(16)17)10-6-18-12(15-10)14-9-4-2-8(13)3-5-9/h2-7H,1H3,(H,14,15)(H,16,17). The van der Waals surface area contributed by atoms with E-state index in [1.165, 1.54) is 11.3 Å². The summed E-state index contributed by atoms with van der Waals surface area (Å²) in [5.74, 6) is -1.47. The summed E-state index contributed by atoms with van der Waals surface area (Å²) in [7, 11) is 0. The molecule has 1 aromatic carbocycles. The first kappa shape index (κ1) is 12.9. The van der Waals surface area contributed by atoms with Gasteiger partial charge in [0, 0.05) is 16.1 Å². The molecule has 94 valence electrons. The Labute approximate surface area is 113 Å². The number of halogens is 1. The van der Waals surface area contributed by atoms with Crippen molar-refractivity contribution in [2.45, 2.75) is 12.8 Å². The monoisotopic (exact) mass is 282 g/mol. The number of anilines is 2. The van der Waals surface area contributed by atoms with Crippen LogP contribution in [0, 0.1) is 0 Å². The molecule has 0 bridgehead atoms. The molecule has 4 nitrogen and oxygen atoms in total. The molecule has 2 aromatic rings. The number of carboxylic acids is 1. The third kappa shape index (κ3) is 3.00. The topological polar surface area (TPSA) is 62.2 Å². The van der Waals surface area contributed by atoms with Crippen LogP contribution in [-0.2, 0) is 4.79 Å². The summed E-state index contributed by atoms with van der Waals surface area (Å²) in [6.45, 7) is 1.61. The second kappa shape index (κ2) is 5.37. The molecule has 0 aliphatic heterocycles. The molecule has 0 saturated heterocycles. The SMILES string of the molecule is CC(C(=O)O)c1csc(Nc2ccc(Cl)cc2)n1. The van der Waals surface area contributed by atoms with Crippen LogP contribution < -0.4 is 5.32 Å². The summed E-state index contributed by atoms with van der Waals surface area (Å²) in [4.78, 5) is 15.1. The van der Waals surface area contributed by atoms with Gasteiger partial charge >= 0.3 is 5.97 Å². The van der Waals surface area contributed by atoms with Crippen molar-refractivity contribution in [3.8, 4) is 0 Å². The highest BCUT2D eigenvalue weighted by Gasteiger charge is 2.16. The normalized spacial score (nSPS) is 12.1. The van der Waals surface area contributed by atoms with Crippen molar-refractivity contribution in [1.82, 2.24) is 4.98 Å². The Morgan fingerprint density at radius 3 is 2.72 bits per heavy atom. The Bertz CT molecular complexity index is 553. The molecule has 1 heterocycles. The Kier molecular flexibility index (Phi) is 3.84. The molecule has 1 aromatic heterocycles. The summed E-state index contributed by atoms with van der Waals surface area (Å²) in [5.41, 5.74) is 1.42. The Morgan fingerprint density at radius 1 is 1.44 bits per heavy atom. The Balaban J connectivity index is 2.11. The van der Waals surface area contributed by atoms with Crippen LogP contribution in [0.15, 0.2) is 29.6 Å². The van der Waals surface area contributed by atoms with Gasteiger partial charge in [-0.05, 0) is 31.2 Å². The lowest BCUT2D eigenvalue weighted by Gasteiger charge is -2.03. The van der Waals surface area contributed by atoms with Crippen LogP contribution in [0.4, 0.5) is 10.8 Å². The van der Waals surface area contributed by atoms with Gasteiger partial charge in [-0.3, -0.25) is 4.79 Å². The van der Waals surface area contributed by atoms with Crippen LogP contribution >= 0.6 is 22.9 Å². The predicted octanol–water partition coefficient (Wildman–Crippen LogP) is 3.73. The maximum atomic E-state index is 10.8. The minimum Gasteiger partial charge on any atom is -0.481 e. The van der Waals surface area contributed by atoms with Crippen LogP contribution in [0.3, 0.4) is 0 Å². The summed E-state index contributed by atoms with van der Waals surface area (Å²) in [5, 5.41) is 15.1. The van der Waals surface area contributed by atoms with Gasteiger partial charge in [0.15, 0.2) is 5.13 Å². The fourth-order valence-corrected chi connectivity index (χ4v) is 2.28. The molecule has 2 N–H and O–H groups in total. The van der Waals surface area contributed by atoms with Crippen LogP contribution in [-0.4, -0.2) is 16.1 Å². The van der Waals surface area contributed by atoms with E-state index in [-0.39, 0.29) is 0 Å². The summed E-state index contributed by atoms with van der Waals surface area (Å²) >= 11 is 7.16. The zero-order valence-corrected chi connectivity index (χ0v) is 11.1. The fraction of sp³-hybridized carbons (Fsp3) is 0.167. The molecule has 0 amide bonds. The molecule has 0 fully saturated rings. The number of nitrogens with one attached hydrogen (secondary N) is 1. The second-order valence-corrected chi connectivity index (χ2v) is 5.06. The average Bonchev–Trinajstić information content (AvgIpc) is 2.79. The van der Waals surface area contributed by atoms with Gasteiger partial charge in [0.2, 0.25) is 0 Å². The fourth-order valence-electron chi connectivity index (χ4n) is 1.33. The van der Waals surface area contributed by atoms with Gasteiger partial charge in [-0.15, -0.1) is 11.3 Å². The molecular formula is C12H11ClN2O2S. The largest absolute Gasteiger partial charge is 0.481 e. The summed E-state index contributed by atoms with van der Waals surface area (Å²) in [6, 6.07) is 7.23. The number of hydrogen-bond acceptors (Lipinski definition) is 4. The van der Waals surface area contributed by atoms with Gasteiger partial charge in [0.1, 0.15) is 0 Å². The van der Waals surface area contributed by atoms with Crippen molar-refractivity contribution >= 4 is 39.7 Å². The van der Waals surface area contributed by atoms with Crippen molar-refractivity contribution in [3.05, 3.63) is 40.4 Å². The van der Waals surface area contributed by atoms with Gasteiger partial charge in [-0.25, -0.2) is 4.98 Å². The van der Waals surface area contributed by atoms with E-state index in [1.54, 1.807) is 24.4 Å². The minimum atomic E-state index is -0.877. The van der Waals surface area contributed by atoms with E-state index in [0.29, 0.717) is 15.8 Å². The molecule has 1 atom stereocenters. The van der Waals surface area contributed by atoms with Crippen molar-refractivity contribution in [2.24, 2.45) is 0 Å². The van der Waals surface area contributed by atoms with E-state index < -0.39 is 11.9 Å². The third-order valence-corrected chi connectivity index (χ3v) is 3.46. The van der Waals surface area contributed by atoms with Gasteiger partial charge in [-0.1, -0.05) is 11.6 Å². The van der Waals surface area contributed by atoms with Crippen molar-refractivity contribution < 1.29 is 9.90 Å². The minimum absolute atomic E-state index is 0.559. The molecule has 2 rings (SSSR count). The van der Waals surface area contributed by atoms with Crippen LogP contribution in [0.5, 0.6) is 0 Å². The highest BCUT2D eigenvalue weighted by molar-refractivity contribution is 7.13. The molecule has 0 aliphatic carbocycles. The Hall–Kier alpha value is -1.59. The number of carbonyl (C=O) groups is 1. The van der Waals surface area contributed by atoms with E-state index in [4.69, 9.17) is 16.7 Å². The lowest BCUT2D eigenvalue weighted by molar-refractivity contribution is -0.138. The molecule has 18 heavy (non-hydrogen) atoms. The first-order valence-electron chi connectivity index (χ1n) is 5.27. The molecule has 0 saturated carbocycles. The highest BCUT2D eigenvalue weighted by atomic mass is 35.5. The quantitative estimate of drug-likeness (QED) is 0.897. The zero-order valence-electron chi connectivity index (χ0n) is 9.55. The smallest absolute Gasteiger partial charge is 0.312 e. The number of aliphatic carboxylic acids is 1. The maximum absolute atomic E-state index is 10.8. The molecule has 1 unspecified atom stereocenters. The molecule has 0 radical (unpaired) electrons. The van der Waals surface area contributed by atoms with E-state index in [0.717, 1.165) is 5.69 Å². The van der Waals surface area contributed by atoms with Crippen LogP contribution in [0.25, 0.3) is 0 Å². The summed E-state index contributed by atoms with van der Waals surface area (Å²) < 4.78 is 0. The maximum Gasteiger partial charge on any atom is 0.312 e. The second-order valence-electron chi connectivity index (χ2n) is 3.77. The van der Waals surface area contributed by atoms with E-state index in [9.17, 15) is 4.79 Å². The number of aromatic nitrogens is 1. The molecule has 6 heteroatoms. The third-order valence-electron chi connectivity index (χ3n) is 2.43. The van der Waals surface area contributed by atoms with Gasteiger partial charge in [0.25, 0.3) is 0 Å². The lowest BCUT2D eigenvalue weighted by atomic mass is 10.1. The van der Waals surface area contributed by atoms with Gasteiger partial charge in [-0.2, -0.15) is 0 Å². The number of rotatable bonds is 4. The average molecular weight is 283 g/mol. The predicted molar refractivity (Wildman–Crippen MR) is 72.9 cm³/mol. The van der Waals surface area contributed by atoms with E-state index >= 15 is 0 Å². The van der Waals surface area contributed by atoms with Crippen molar-refractivity contribution in [2.75, 3.05) is 5.32 Å². The number of nitrogens with zero attached hydrogens (tertiary/aromatic N) is 1. The summed E-state index contributed by atoms with van der Waals surface area (Å²) in [6.07, 6.45) is 0. The number of thiazole rings is 1. The first-order chi connectivity index (χ1) is 8.56. The number of carboxylic acid groups (broad SMARTS) is 1. The number of benzene rings is 1. The first-order valence-corrected chi connectivity index (χ1v) is 6.53. The zero-order chi connectivity index (χ0) is 13.1. The molecule has 0 aliphatic rings. The van der Waals surface area contributed by atoms with Gasteiger partial charge < -0.3 is 10.4 Å².